The van der Waals surface area contributed by atoms with E-state index >= 15 is 0 Å². The summed E-state index contributed by atoms with van der Waals surface area (Å²) in [6.45, 7) is 13.8. The van der Waals surface area contributed by atoms with Gasteiger partial charge in [-0.25, -0.2) is 0 Å². The lowest BCUT2D eigenvalue weighted by Crippen LogP contribution is -2.64. The van der Waals surface area contributed by atoms with Gasteiger partial charge in [-0.05, 0) is 68.9 Å². The fourth-order valence-corrected chi connectivity index (χ4v) is 6.06. The Hall–Kier alpha value is -2.13. The Kier molecular flexibility index (Phi) is 6.24. The second kappa shape index (κ2) is 8.67. The monoisotopic (exact) mass is 433 g/mol. The minimum absolute atomic E-state index is 0.0166. The second-order valence-electron chi connectivity index (χ2n) is 11.5. The van der Waals surface area contributed by atoms with E-state index in [1.807, 2.05) is 20.8 Å². The lowest BCUT2D eigenvalue weighted by Gasteiger charge is -2.63. The molecule has 2 aromatic rings. The molecular weight excluding hydrogens is 394 g/mol. The molecular formula is C29H39NO2. The molecule has 3 aliphatic carbocycles. The number of ether oxygens (including phenoxy) is 1. The third kappa shape index (κ3) is 4.50. The molecule has 3 fully saturated rings. The van der Waals surface area contributed by atoms with Crippen LogP contribution in [0.15, 0.2) is 60.7 Å². The number of hydrogen-bond donors (Lipinski definition) is 0. The number of hydrogen-bond acceptors (Lipinski definition) is 3. The second-order valence-corrected chi connectivity index (χ2v) is 11.5. The molecule has 0 aliphatic heterocycles. The van der Waals surface area contributed by atoms with Gasteiger partial charge < -0.3 is 4.74 Å². The maximum absolute atomic E-state index is 13.6. The highest BCUT2D eigenvalue weighted by Gasteiger charge is 2.61. The van der Waals surface area contributed by atoms with Gasteiger partial charge in [-0.1, -0.05) is 74.5 Å². The van der Waals surface area contributed by atoms with Crippen LogP contribution in [0.2, 0.25) is 0 Å². The molecule has 172 valence electrons. The highest BCUT2D eigenvalue weighted by Crippen LogP contribution is 2.63. The van der Waals surface area contributed by atoms with E-state index in [0.29, 0.717) is 11.8 Å². The predicted molar refractivity (Wildman–Crippen MR) is 130 cm³/mol. The Morgan fingerprint density at radius 2 is 1.62 bits per heavy atom. The molecule has 5 rings (SSSR count). The van der Waals surface area contributed by atoms with Crippen LogP contribution < -0.4 is 0 Å². The molecule has 32 heavy (non-hydrogen) atoms. The number of benzene rings is 2. The number of carbonyl (C=O) groups is 1. The largest absolute Gasteiger partial charge is 0.460 e. The molecule has 0 unspecified atom stereocenters. The maximum Gasteiger partial charge on any atom is 0.311 e. The SMILES string of the molecule is C[C@H](c1ccccc1)N(Cc1ccccc1)[C@H]1C[C@H]2C[C@@H]([C@@H]1C(=O)OC(C)(C)C)C2(C)C. The van der Waals surface area contributed by atoms with Crippen molar-refractivity contribution in [1.82, 2.24) is 4.90 Å². The van der Waals surface area contributed by atoms with Crippen molar-refractivity contribution in [3.63, 3.8) is 0 Å². The van der Waals surface area contributed by atoms with E-state index in [-0.39, 0.29) is 29.4 Å². The summed E-state index contributed by atoms with van der Waals surface area (Å²) in [7, 11) is 0. The van der Waals surface area contributed by atoms with Crippen LogP contribution in [0.1, 0.15) is 71.6 Å². The molecule has 2 aromatic carbocycles. The van der Waals surface area contributed by atoms with Crippen molar-refractivity contribution in [3.8, 4) is 0 Å². The van der Waals surface area contributed by atoms with Crippen molar-refractivity contribution in [1.29, 1.82) is 0 Å². The van der Waals surface area contributed by atoms with Crippen LogP contribution in [-0.2, 0) is 16.1 Å². The van der Waals surface area contributed by atoms with Crippen LogP contribution in [0.25, 0.3) is 0 Å². The minimum atomic E-state index is -0.471. The summed E-state index contributed by atoms with van der Waals surface area (Å²) in [4.78, 5) is 16.2. The first-order chi connectivity index (χ1) is 15.1. The van der Waals surface area contributed by atoms with Gasteiger partial charge in [0, 0.05) is 18.6 Å². The van der Waals surface area contributed by atoms with Crippen molar-refractivity contribution in [2.75, 3.05) is 0 Å². The van der Waals surface area contributed by atoms with E-state index in [4.69, 9.17) is 4.74 Å². The molecule has 3 saturated carbocycles. The summed E-state index contributed by atoms with van der Waals surface area (Å²) in [6.07, 6.45) is 2.20. The van der Waals surface area contributed by atoms with Gasteiger partial charge in [0.2, 0.25) is 0 Å². The number of nitrogens with zero attached hydrogens (tertiary/aromatic N) is 1. The Balaban J connectivity index is 1.71. The summed E-state index contributed by atoms with van der Waals surface area (Å²) in [5.74, 6) is 0.931. The summed E-state index contributed by atoms with van der Waals surface area (Å²) in [5.41, 5.74) is 2.32. The van der Waals surface area contributed by atoms with E-state index in [9.17, 15) is 4.79 Å². The van der Waals surface area contributed by atoms with E-state index in [1.54, 1.807) is 0 Å². The Morgan fingerprint density at radius 1 is 1.03 bits per heavy atom. The summed E-state index contributed by atoms with van der Waals surface area (Å²) in [6, 6.07) is 21.8. The quantitative estimate of drug-likeness (QED) is 0.478. The van der Waals surface area contributed by atoms with Crippen LogP contribution >= 0.6 is 0 Å². The topological polar surface area (TPSA) is 29.5 Å². The molecule has 3 aliphatic rings. The average Bonchev–Trinajstić information content (AvgIpc) is 2.76. The van der Waals surface area contributed by atoms with Gasteiger partial charge in [0.05, 0.1) is 5.92 Å². The first-order valence-corrected chi connectivity index (χ1v) is 12.2. The Morgan fingerprint density at radius 3 is 2.19 bits per heavy atom. The minimum Gasteiger partial charge on any atom is -0.460 e. The predicted octanol–water partition coefficient (Wildman–Crippen LogP) is 6.64. The molecule has 0 aromatic heterocycles. The third-order valence-electron chi connectivity index (χ3n) is 8.01. The maximum atomic E-state index is 13.6. The van der Waals surface area contributed by atoms with Crippen molar-refractivity contribution in [3.05, 3.63) is 71.8 Å². The molecule has 0 spiro atoms. The highest BCUT2D eigenvalue weighted by atomic mass is 16.6. The zero-order chi connectivity index (χ0) is 23.1. The highest BCUT2D eigenvalue weighted by molar-refractivity contribution is 5.75. The van der Waals surface area contributed by atoms with E-state index in [2.05, 4.69) is 86.3 Å². The number of rotatable bonds is 6. The molecule has 0 amide bonds. The summed E-state index contributed by atoms with van der Waals surface area (Å²) in [5, 5.41) is 0. The number of carbonyl (C=O) groups excluding carboxylic acids is 1. The van der Waals surface area contributed by atoms with Crippen LogP contribution in [-0.4, -0.2) is 22.5 Å². The van der Waals surface area contributed by atoms with Crippen molar-refractivity contribution >= 4 is 5.97 Å². The van der Waals surface area contributed by atoms with Gasteiger partial charge in [0.15, 0.2) is 0 Å². The zero-order valence-electron chi connectivity index (χ0n) is 20.5. The van der Waals surface area contributed by atoms with E-state index in [0.717, 1.165) is 19.4 Å². The number of esters is 1. The molecule has 3 heteroatoms. The molecule has 2 bridgehead atoms. The Labute approximate surface area is 194 Å². The van der Waals surface area contributed by atoms with Gasteiger partial charge in [0.1, 0.15) is 5.60 Å². The fraction of sp³-hybridized carbons (Fsp3) is 0.552. The van der Waals surface area contributed by atoms with Crippen LogP contribution in [0.5, 0.6) is 0 Å². The first-order valence-electron chi connectivity index (χ1n) is 12.2. The zero-order valence-corrected chi connectivity index (χ0v) is 20.5. The first kappa shape index (κ1) is 23.0. The van der Waals surface area contributed by atoms with Gasteiger partial charge in [-0.2, -0.15) is 0 Å². The van der Waals surface area contributed by atoms with Gasteiger partial charge in [-0.15, -0.1) is 0 Å². The fourth-order valence-electron chi connectivity index (χ4n) is 6.06. The molecule has 3 nitrogen and oxygen atoms in total. The van der Waals surface area contributed by atoms with Crippen LogP contribution in [0.4, 0.5) is 0 Å². The van der Waals surface area contributed by atoms with E-state index in [1.165, 1.54) is 11.1 Å². The van der Waals surface area contributed by atoms with Gasteiger partial charge >= 0.3 is 5.97 Å². The van der Waals surface area contributed by atoms with Crippen LogP contribution in [0.3, 0.4) is 0 Å². The molecule has 0 heterocycles. The molecule has 0 saturated heterocycles. The smallest absolute Gasteiger partial charge is 0.311 e. The molecule has 5 atom stereocenters. The van der Waals surface area contributed by atoms with Crippen molar-refractivity contribution in [2.24, 2.45) is 23.2 Å². The average molecular weight is 434 g/mol. The lowest BCUT2D eigenvalue weighted by atomic mass is 9.44. The summed E-state index contributed by atoms with van der Waals surface area (Å²) < 4.78 is 6.02. The van der Waals surface area contributed by atoms with Gasteiger partial charge in [0.25, 0.3) is 0 Å². The van der Waals surface area contributed by atoms with Crippen molar-refractivity contribution in [2.45, 2.75) is 78.6 Å². The number of fused-ring (bicyclic) bond motifs is 2. The lowest BCUT2D eigenvalue weighted by molar-refractivity contribution is -0.195. The normalized spacial score (nSPS) is 27.5. The summed E-state index contributed by atoms with van der Waals surface area (Å²) >= 11 is 0. The van der Waals surface area contributed by atoms with Gasteiger partial charge in [-0.3, -0.25) is 9.69 Å². The van der Waals surface area contributed by atoms with E-state index < -0.39 is 5.60 Å². The third-order valence-corrected chi connectivity index (χ3v) is 8.01. The molecule has 0 radical (unpaired) electrons. The Bertz CT molecular complexity index is 915. The van der Waals surface area contributed by atoms with Crippen LogP contribution in [0, 0.1) is 23.2 Å². The molecule has 0 N–H and O–H groups in total. The standard InChI is InChI=1S/C29H39NO2/c1-20(22-15-11-8-12-16-22)30(19-21-13-9-7-10-14-21)25-18-23-17-24(29(23,5)6)26(25)27(31)32-28(2,3)4/h7-16,20,23-26H,17-19H2,1-6H3/t20-,23-,24+,25+,26+/m1/s1. The van der Waals surface area contributed by atoms with Crippen molar-refractivity contribution < 1.29 is 9.53 Å².